The molecule has 2 aliphatic heterocycles. The number of nitrogens with zero attached hydrogens (tertiary/aromatic N) is 2. The number of para-hydroxylation sites is 2. The molecule has 6 nitrogen and oxygen atoms in total. The van der Waals surface area contributed by atoms with Gasteiger partial charge in [0.1, 0.15) is 12.4 Å². The third kappa shape index (κ3) is 4.21. The van der Waals surface area contributed by atoms with Gasteiger partial charge in [0, 0.05) is 25.6 Å². The molecule has 0 aliphatic carbocycles. The smallest absolute Gasteiger partial charge is 0.324 e. The van der Waals surface area contributed by atoms with Crippen LogP contribution >= 0.6 is 0 Å². The first kappa shape index (κ1) is 19.3. The number of urea groups is 1. The molecule has 6 heteroatoms. The maximum Gasteiger partial charge on any atom is 0.324 e. The van der Waals surface area contributed by atoms with Crippen LogP contribution in [0.25, 0.3) is 0 Å². The van der Waals surface area contributed by atoms with E-state index in [1.165, 1.54) is 5.56 Å². The fourth-order valence-corrected chi connectivity index (χ4v) is 4.01. The van der Waals surface area contributed by atoms with Crippen molar-refractivity contribution < 1.29 is 14.3 Å². The Morgan fingerprint density at radius 1 is 1.03 bits per heavy atom. The van der Waals surface area contributed by atoms with Crippen molar-refractivity contribution >= 4 is 17.6 Å². The number of piperidine rings is 1. The summed E-state index contributed by atoms with van der Waals surface area (Å²) in [5.41, 5.74) is 3.14. The number of rotatable bonds is 3. The Hall–Kier alpha value is -3.02. The Morgan fingerprint density at radius 3 is 2.55 bits per heavy atom. The summed E-state index contributed by atoms with van der Waals surface area (Å²) in [6.45, 7) is 4.85. The van der Waals surface area contributed by atoms with Crippen LogP contribution in [0.4, 0.5) is 10.5 Å². The maximum atomic E-state index is 13.0. The van der Waals surface area contributed by atoms with E-state index in [4.69, 9.17) is 4.74 Å². The van der Waals surface area contributed by atoms with Crippen LogP contribution in [0.2, 0.25) is 0 Å². The molecule has 0 bridgehead atoms. The predicted octanol–water partition coefficient (Wildman–Crippen LogP) is 3.34. The SMILES string of the molecule is Cc1ccccc1CNC(=O)C1CCN(C(=O)N2CCOc3ccccc32)CC1. The molecule has 2 aliphatic rings. The topological polar surface area (TPSA) is 61.9 Å². The van der Waals surface area contributed by atoms with Crippen molar-refractivity contribution in [1.82, 2.24) is 10.2 Å². The van der Waals surface area contributed by atoms with E-state index < -0.39 is 0 Å². The molecule has 0 aromatic heterocycles. The van der Waals surface area contributed by atoms with Gasteiger partial charge in [-0.1, -0.05) is 36.4 Å². The Labute approximate surface area is 171 Å². The summed E-state index contributed by atoms with van der Waals surface area (Å²) in [5.74, 6) is 0.787. The van der Waals surface area contributed by atoms with Crippen molar-refractivity contribution in [1.29, 1.82) is 0 Å². The van der Waals surface area contributed by atoms with Gasteiger partial charge in [-0.05, 0) is 43.0 Å². The lowest BCUT2D eigenvalue weighted by Crippen LogP contribution is -2.50. The summed E-state index contributed by atoms with van der Waals surface area (Å²) in [6, 6.07) is 15.7. The largest absolute Gasteiger partial charge is 0.490 e. The van der Waals surface area contributed by atoms with Crippen LogP contribution in [0, 0.1) is 12.8 Å². The number of carbonyl (C=O) groups excluding carboxylic acids is 2. The third-order valence-corrected chi connectivity index (χ3v) is 5.81. The van der Waals surface area contributed by atoms with Gasteiger partial charge >= 0.3 is 6.03 Å². The maximum absolute atomic E-state index is 13.0. The molecule has 0 spiro atoms. The minimum atomic E-state index is -0.0416. The van der Waals surface area contributed by atoms with Crippen LogP contribution in [0.5, 0.6) is 5.75 Å². The number of benzene rings is 2. The summed E-state index contributed by atoms with van der Waals surface area (Å²) < 4.78 is 5.65. The normalized spacial score (nSPS) is 16.7. The van der Waals surface area contributed by atoms with E-state index in [9.17, 15) is 9.59 Å². The zero-order valence-corrected chi connectivity index (χ0v) is 16.8. The summed E-state index contributed by atoms with van der Waals surface area (Å²) in [4.78, 5) is 29.3. The fourth-order valence-electron chi connectivity index (χ4n) is 4.01. The van der Waals surface area contributed by atoms with Crippen LogP contribution in [0.1, 0.15) is 24.0 Å². The first-order valence-corrected chi connectivity index (χ1v) is 10.2. The highest BCUT2D eigenvalue weighted by atomic mass is 16.5. The van der Waals surface area contributed by atoms with Crippen molar-refractivity contribution in [3.63, 3.8) is 0 Å². The van der Waals surface area contributed by atoms with E-state index in [1.807, 2.05) is 47.4 Å². The number of anilines is 1. The lowest BCUT2D eigenvalue weighted by atomic mass is 9.96. The van der Waals surface area contributed by atoms with Gasteiger partial charge in [-0.3, -0.25) is 9.69 Å². The highest BCUT2D eigenvalue weighted by molar-refractivity contribution is 5.94. The van der Waals surface area contributed by atoms with Gasteiger partial charge in [0.15, 0.2) is 0 Å². The number of ether oxygens (including phenoxy) is 1. The Balaban J connectivity index is 1.31. The quantitative estimate of drug-likeness (QED) is 0.870. The minimum Gasteiger partial charge on any atom is -0.490 e. The Bertz CT molecular complexity index is 890. The second-order valence-corrected chi connectivity index (χ2v) is 7.66. The van der Waals surface area contributed by atoms with Gasteiger partial charge in [-0.2, -0.15) is 0 Å². The second-order valence-electron chi connectivity index (χ2n) is 7.66. The van der Waals surface area contributed by atoms with E-state index in [1.54, 1.807) is 4.90 Å². The van der Waals surface area contributed by atoms with Gasteiger partial charge in [0.05, 0.1) is 12.2 Å². The number of hydrogen-bond donors (Lipinski definition) is 1. The van der Waals surface area contributed by atoms with Crippen molar-refractivity contribution in [2.75, 3.05) is 31.1 Å². The lowest BCUT2D eigenvalue weighted by molar-refractivity contribution is -0.126. The molecule has 152 valence electrons. The van der Waals surface area contributed by atoms with Crippen LogP contribution in [0.15, 0.2) is 48.5 Å². The monoisotopic (exact) mass is 393 g/mol. The zero-order valence-electron chi connectivity index (χ0n) is 16.8. The average molecular weight is 393 g/mol. The van der Waals surface area contributed by atoms with E-state index in [0.717, 1.165) is 17.0 Å². The molecular formula is C23H27N3O3. The average Bonchev–Trinajstić information content (AvgIpc) is 2.77. The highest BCUT2D eigenvalue weighted by Crippen LogP contribution is 2.32. The number of hydrogen-bond acceptors (Lipinski definition) is 3. The minimum absolute atomic E-state index is 0.000446. The number of amides is 3. The molecule has 0 unspecified atom stereocenters. The molecule has 2 aromatic carbocycles. The Morgan fingerprint density at radius 2 is 1.76 bits per heavy atom. The number of likely N-dealkylation sites (tertiary alicyclic amines) is 1. The number of nitrogens with one attached hydrogen (secondary N) is 1. The predicted molar refractivity (Wildman–Crippen MR) is 112 cm³/mol. The highest BCUT2D eigenvalue weighted by Gasteiger charge is 2.32. The van der Waals surface area contributed by atoms with Crippen LogP contribution in [-0.4, -0.2) is 43.1 Å². The van der Waals surface area contributed by atoms with Gasteiger partial charge < -0.3 is 15.0 Å². The first-order valence-electron chi connectivity index (χ1n) is 10.2. The zero-order chi connectivity index (χ0) is 20.2. The molecule has 2 aromatic rings. The van der Waals surface area contributed by atoms with E-state index in [2.05, 4.69) is 18.3 Å². The van der Waals surface area contributed by atoms with Gasteiger partial charge in [0.2, 0.25) is 5.91 Å². The number of carbonyl (C=O) groups is 2. The molecule has 0 radical (unpaired) electrons. The van der Waals surface area contributed by atoms with Crippen LogP contribution in [-0.2, 0) is 11.3 Å². The molecule has 1 N–H and O–H groups in total. The van der Waals surface area contributed by atoms with E-state index >= 15 is 0 Å². The number of fused-ring (bicyclic) bond motifs is 1. The Kier molecular flexibility index (Phi) is 5.69. The van der Waals surface area contributed by atoms with Gasteiger partial charge in [-0.15, -0.1) is 0 Å². The molecule has 0 atom stereocenters. The van der Waals surface area contributed by atoms with Crippen molar-refractivity contribution in [2.45, 2.75) is 26.3 Å². The molecule has 0 saturated carbocycles. The van der Waals surface area contributed by atoms with Crippen LogP contribution in [0.3, 0.4) is 0 Å². The molecule has 4 rings (SSSR count). The van der Waals surface area contributed by atoms with Crippen molar-refractivity contribution in [3.8, 4) is 5.75 Å². The second kappa shape index (κ2) is 8.55. The first-order chi connectivity index (χ1) is 14.1. The number of aryl methyl sites for hydroxylation is 1. The molecule has 1 fully saturated rings. The summed E-state index contributed by atoms with van der Waals surface area (Å²) in [7, 11) is 0. The van der Waals surface area contributed by atoms with E-state index in [0.29, 0.717) is 45.6 Å². The summed E-state index contributed by atoms with van der Waals surface area (Å²) in [6.07, 6.45) is 1.38. The summed E-state index contributed by atoms with van der Waals surface area (Å²) >= 11 is 0. The van der Waals surface area contributed by atoms with Gasteiger partial charge in [-0.25, -0.2) is 4.79 Å². The van der Waals surface area contributed by atoms with Gasteiger partial charge in [0.25, 0.3) is 0 Å². The third-order valence-electron chi connectivity index (χ3n) is 5.81. The lowest BCUT2D eigenvalue weighted by Gasteiger charge is -2.37. The fraction of sp³-hybridized carbons (Fsp3) is 0.391. The molecule has 1 saturated heterocycles. The standard InChI is InChI=1S/C23H27N3O3/c1-17-6-2-3-7-19(17)16-24-22(27)18-10-12-25(13-11-18)23(28)26-14-15-29-21-9-5-4-8-20(21)26/h2-9,18H,10-16H2,1H3,(H,24,27). The summed E-state index contributed by atoms with van der Waals surface area (Å²) in [5, 5.41) is 3.06. The molecule has 2 heterocycles. The molecule has 3 amide bonds. The van der Waals surface area contributed by atoms with E-state index in [-0.39, 0.29) is 17.9 Å². The molecule has 29 heavy (non-hydrogen) atoms. The van der Waals surface area contributed by atoms with Crippen LogP contribution < -0.4 is 15.0 Å². The molecular weight excluding hydrogens is 366 g/mol. The van der Waals surface area contributed by atoms with Crippen molar-refractivity contribution in [2.24, 2.45) is 5.92 Å². The van der Waals surface area contributed by atoms with Crippen molar-refractivity contribution in [3.05, 3.63) is 59.7 Å².